The fourth-order valence-corrected chi connectivity index (χ4v) is 1.52. The van der Waals surface area contributed by atoms with E-state index in [0.29, 0.717) is 13.0 Å². The van der Waals surface area contributed by atoms with Gasteiger partial charge in [-0.1, -0.05) is 6.07 Å². The van der Waals surface area contributed by atoms with E-state index in [2.05, 4.69) is 4.98 Å². The van der Waals surface area contributed by atoms with Crippen LogP contribution in [0.5, 0.6) is 11.6 Å². The number of hydrogen-bond donors (Lipinski definition) is 1. The van der Waals surface area contributed by atoms with Gasteiger partial charge >= 0.3 is 0 Å². The van der Waals surface area contributed by atoms with Crippen molar-refractivity contribution in [3.05, 3.63) is 53.7 Å². The Balaban J connectivity index is 2.30. The Bertz CT molecular complexity index is 546. The lowest BCUT2D eigenvalue weighted by Gasteiger charge is -2.09. The quantitative estimate of drug-likeness (QED) is 0.907. The minimum Gasteiger partial charge on any atom is -0.436 e. The van der Waals surface area contributed by atoms with Crippen LogP contribution in [-0.4, -0.2) is 11.5 Å². The van der Waals surface area contributed by atoms with Crippen LogP contribution < -0.4 is 10.5 Å². The summed E-state index contributed by atoms with van der Waals surface area (Å²) in [5.74, 6) is -1.15. The Kier molecular flexibility index (Phi) is 3.84. The summed E-state index contributed by atoms with van der Waals surface area (Å²) in [6.07, 6.45) is 2.08. The van der Waals surface area contributed by atoms with Crippen molar-refractivity contribution in [2.24, 2.45) is 5.73 Å². The van der Waals surface area contributed by atoms with E-state index in [0.717, 1.165) is 23.8 Å². The van der Waals surface area contributed by atoms with Crippen molar-refractivity contribution in [3.63, 3.8) is 0 Å². The number of benzene rings is 1. The van der Waals surface area contributed by atoms with Crippen LogP contribution in [0, 0.1) is 11.6 Å². The first kappa shape index (κ1) is 12.4. The maximum Gasteiger partial charge on any atom is 0.222 e. The zero-order valence-corrected chi connectivity index (χ0v) is 9.57. The molecule has 0 aliphatic rings. The molecule has 1 aromatic heterocycles. The molecular weight excluding hydrogens is 238 g/mol. The van der Waals surface area contributed by atoms with Gasteiger partial charge in [-0.2, -0.15) is 0 Å². The Labute approximate surface area is 103 Å². The summed E-state index contributed by atoms with van der Waals surface area (Å²) in [7, 11) is 0. The molecule has 3 nitrogen and oxygen atoms in total. The van der Waals surface area contributed by atoms with Gasteiger partial charge in [0.25, 0.3) is 0 Å². The van der Waals surface area contributed by atoms with Gasteiger partial charge in [0.1, 0.15) is 5.82 Å². The van der Waals surface area contributed by atoms with E-state index in [1.165, 1.54) is 6.20 Å². The number of nitrogens with two attached hydrogens (primary N) is 1. The molecule has 18 heavy (non-hydrogen) atoms. The van der Waals surface area contributed by atoms with Gasteiger partial charge in [-0.3, -0.25) is 0 Å². The van der Waals surface area contributed by atoms with Crippen LogP contribution in [0.1, 0.15) is 5.56 Å². The first-order valence-corrected chi connectivity index (χ1v) is 5.47. The molecule has 2 N–H and O–H groups in total. The van der Waals surface area contributed by atoms with E-state index in [4.69, 9.17) is 10.5 Å². The highest BCUT2D eigenvalue weighted by atomic mass is 19.1. The van der Waals surface area contributed by atoms with Crippen molar-refractivity contribution in [1.29, 1.82) is 0 Å². The molecule has 0 radical (unpaired) electrons. The number of halogens is 2. The van der Waals surface area contributed by atoms with Crippen LogP contribution in [-0.2, 0) is 6.42 Å². The van der Waals surface area contributed by atoms with E-state index < -0.39 is 11.6 Å². The van der Waals surface area contributed by atoms with Crippen LogP contribution in [0.3, 0.4) is 0 Å². The van der Waals surface area contributed by atoms with Gasteiger partial charge in [-0.25, -0.2) is 13.8 Å². The number of rotatable bonds is 4. The third-order valence-corrected chi connectivity index (χ3v) is 2.36. The second-order valence-corrected chi connectivity index (χ2v) is 3.68. The van der Waals surface area contributed by atoms with Crippen molar-refractivity contribution in [2.75, 3.05) is 6.54 Å². The van der Waals surface area contributed by atoms with Gasteiger partial charge in [-0.05, 0) is 31.2 Å². The highest BCUT2D eigenvalue weighted by molar-refractivity contribution is 5.33. The molecule has 0 saturated carbocycles. The predicted octanol–water partition coefficient (Wildman–Crippen LogP) is 2.65. The van der Waals surface area contributed by atoms with Gasteiger partial charge in [0.2, 0.25) is 5.88 Å². The van der Waals surface area contributed by atoms with Crippen LogP contribution >= 0.6 is 0 Å². The third kappa shape index (κ3) is 2.81. The molecule has 2 aromatic rings. The van der Waals surface area contributed by atoms with E-state index in [1.54, 1.807) is 12.1 Å². The Morgan fingerprint density at radius 1 is 1.22 bits per heavy atom. The molecule has 0 aliphatic heterocycles. The van der Waals surface area contributed by atoms with Gasteiger partial charge in [0.15, 0.2) is 11.6 Å². The molecule has 0 saturated heterocycles. The van der Waals surface area contributed by atoms with Crippen molar-refractivity contribution in [3.8, 4) is 11.6 Å². The molecule has 0 unspecified atom stereocenters. The van der Waals surface area contributed by atoms with Crippen molar-refractivity contribution >= 4 is 0 Å². The third-order valence-electron chi connectivity index (χ3n) is 2.36. The predicted molar refractivity (Wildman–Crippen MR) is 63.4 cm³/mol. The molecule has 0 bridgehead atoms. The average molecular weight is 250 g/mol. The highest BCUT2D eigenvalue weighted by Gasteiger charge is 2.10. The second-order valence-electron chi connectivity index (χ2n) is 3.68. The summed E-state index contributed by atoms with van der Waals surface area (Å²) in [5, 5.41) is 0. The van der Waals surface area contributed by atoms with E-state index in [1.807, 2.05) is 0 Å². The van der Waals surface area contributed by atoms with Crippen molar-refractivity contribution < 1.29 is 13.5 Å². The molecule has 0 atom stereocenters. The summed E-state index contributed by atoms with van der Waals surface area (Å²) in [6.45, 7) is 0.424. The molecule has 94 valence electrons. The topological polar surface area (TPSA) is 48.1 Å². The molecule has 0 aliphatic carbocycles. The first-order chi connectivity index (χ1) is 8.70. The number of hydrogen-bond acceptors (Lipinski definition) is 3. The molecule has 2 rings (SSSR count). The SMILES string of the molecule is NCCc1cccnc1Oc1cc(F)ccc1F. The smallest absolute Gasteiger partial charge is 0.222 e. The van der Waals surface area contributed by atoms with E-state index >= 15 is 0 Å². The van der Waals surface area contributed by atoms with Crippen LogP contribution in [0.15, 0.2) is 36.5 Å². The van der Waals surface area contributed by atoms with E-state index in [9.17, 15) is 8.78 Å². The van der Waals surface area contributed by atoms with Crippen molar-refractivity contribution in [1.82, 2.24) is 4.98 Å². The average Bonchev–Trinajstić information content (AvgIpc) is 2.36. The van der Waals surface area contributed by atoms with Gasteiger partial charge in [0, 0.05) is 17.8 Å². The van der Waals surface area contributed by atoms with Crippen LogP contribution in [0.25, 0.3) is 0 Å². The minimum absolute atomic E-state index is 0.188. The zero-order valence-electron chi connectivity index (χ0n) is 9.57. The Morgan fingerprint density at radius 2 is 2.06 bits per heavy atom. The fourth-order valence-electron chi connectivity index (χ4n) is 1.52. The maximum absolute atomic E-state index is 13.4. The molecule has 1 aromatic carbocycles. The minimum atomic E-state index is -0.638. The maximum atomic E-state index is 13.4. The Morgan fingerprint density at radius 3 is 2.83 bits per heavy atom. The summed E-state index contributed by atoms with van der Waals surface area (Å²) >= 11 is 0. The van der Waals surface area contributed by atoms with Crippen molar-refractivity contribution in [2.45, 2.75) is 6.42 Å². The summed E-state index contributed by atoms with van der Waals surface area (Å²) < 4.78 is 31.7. The molecule has 0 spiro atoms. The normalized spacial score (nSPS) is 10.4. The highest BCUT2D eigenvalue weighted by Crippen LogP contribution is 2.26. The zero-order chi connectivity index (χ0) is 13.0. The lowest BCUT2D eigenvalue weighted by atomic mass is 10.2. The van der Waals surface area contributed by atoms with Crippen LogP contribution in [0.2, 0.25) is 0 Å². The van der Waals surface area contributed by atoms with Gasteiger partial charge in [-0.15, -0.1) is 0 Å². The number of pyridine rings is 1. The summed E-state index contributed by atoms with van der Waals surface area (Å²) in [6, 6.07) is 6.54. The summed E-state index contributed by atoms with van der Waals surface area (Å²) in [5.41, 5.74) is 6.21. The van der Waals surface area contributed by atoms with Gasteiger partial charge in [0.05, 0.1) is 0 Å². The second kappa shape index (κ2) is 5.55. The summed E-state index contributed by atoms with van der Waals surface area (Å²) in [4.78, 5) is 4.00. The first-order valence-electron chi connectivity index (χ1n) is 5.47. The number of aromatic nitrogens is 1. The molecule has 0 amide bonds. The lowest BCUT2D eigenvalue weighted by Crippen LogP contribution is -2.05. The number of nitrogens with zero attached hydrogens (tertiary/aromatic N) is 1. The number of ether oxygens (including phenoxy) is 1. The monoisotopic (exact) mass is 250 g/mol. The molecule has 5 heteroatoms. The van der Waals surface area contributed by atoms with Gasteiger partial charge < -0.3 is 10.5 Å². The molecule has 0 fully saturated rings. The standard InChI is InChI=1S/C13H12F2N2O/c14-10-3-4-11(15)12(8-10)18-13-9(5-6-16)2-1-7-17-13/h1-4,7-8H,5-6,16H2. The van der Waals surface area contributed by atoms with E-state index in [-0.39, 0.29) is 11.6 Å². The molecule has 1 heterocycles. The van der Waals surface area contributed by atoms with Crippen LogP contribution in [0.4, 0.5) is 8.78 Å². The molecular formula is C13H12F2N2O. The fraction of sp³-hybridized carbons (Fsp3) is 0.154. The largest absolute Gasteiger partial charge is 0.436 e. The Hall–Kier alpha value is -2.01. The lowest BCUT2D eigenvalue weighted by molar-refractivity contribution is 0.418.